The van der Waals surface area contributed by atoms with Crippen molar-refractivity contribution in [2.24, 2.45) is 33.5 Å². The van der Waals surface area contributed by atoms with Crippen molar-refractivity contribution in [2.45, 2.75) is 64.2 Å². The quantitative estimate of drug-likeness (QED) is 0.0799. The minimum absolute atomic E-state index is 0.0309. The number of hydrogen-bond acceptors (Lipinski definition) is 9. The Bertz CT molecular complexity index is 3100. The molecule has 4 aliphatic rings. The Morgan fingerprint density at radius 3 is 1.44 bits per heavy atom. The van der Waals surface area contributed by atoms with Gasteiger partial charge in [0.15, 0.2) is 0 Å². The summed E-state index contributed by atoms with van der Waals surface area (Å²) < 4.78 is 27.1. The lowest BCUT2D eigenvalue weighted by Gasteiger charge is -2.28. The van der Waals surface area contributed by atoms with Crippen LogP contribution in [0.4, 0.5) is 31.5 Å². The second kappa shape index (κ2) is 22.6. The van der Waals surface area contributed by atoms with Crippen molar-refractivity contribution in [1.29, 1.82) is 0 Å². The van der Waals surface area contributed by atoms with Gasteiger partial charge in [0.2, 0.25) is 0 Å². The molecular weight excluding hydrogens is 974 g/mol. The molecule has 0 radical (unpaired) electrons. The van der Waals surface area contributed by atoms with Gasteiger partial charge in [-0.05, 0) is 166 Å². The number of nitrogens with one attached hydrogen (secondary N) is 2. The van der Waals surface area contributed by atoms with E-state index in [1.165, 1.54) is 24.3 Å². The average Bonchev–Trinajstić information content (AvgIpc) is 3.86. The summed E-state index contributed by atoms with van der Waals surface area (Å²) in [5, 5.41) is 9.81. The lowest BCUT2D eigenvalue weighted by molar-refractivity contribution is -0.126. The molecule has 0 bridgehead atoms. The topological polar surface area (TPSA) is 206 Å². The van der Waals surface area contributed by atoms with Crippen molar-refractivity contribution in [3.63, 3.8) is 0 Å². The van der Waals surface area contributed by atoms with Gasteiger partial charge in [-0.1, -0.05) is 59.6 Å². The molecule has 2 aliphatic carbocycles. The van der Waals surface area contributed by atoms with Crippen LogP contribution in [-0.2, 0) is 17.6 Å². The number of hydrazine groups is 1. The first kappa shape index (κ1) is 52.0. The highest BCUT2D eigenvalue weighted by Crippen LogP contribution is 2.47. The summed E-state index contributed by atoms with van der Waals surface area (Å²) in [6.07, 6.45) is 8.29. The van der Waals surface area contributed by atoms with E-state index in [9.17, 15) is 32.8 Å². The predicted octanol–water partition coefficient (Wildman–Crippen LogP) is 10.7. The molecule has 10 rings (SSSR count). The normalized spacial score (nSPS) is 19.4. The summed E-state index contributed by atoms with van der Waals surface area (Å²) in [7, 11) is 0. The third-order valence-corrected chi connectivity index (χ3v) is 15.0. The van der Waals surface area contributed by atoms with Gasteiger partial charge in [0.1, 0.15) is 17.4 Å². The van der Waals surface area contributed by atoms with Crippen molar-refractivity contribution in [2.75, 3.05) is 33.5 Å². The Balaban J connectivity index is 0.000000189. The van der Waals surface area contributed by atoms with Crippen LogP contribution >= 0.6 is 23.2 Å². The van der Waals surface area contributed by atoms with E-state index in [0.717, 1.165) is 85.3 Å². The number of anilines is 4. The molecule has 2 atom stereocenters. The number of para-hydroxylation sites is 2. The number of rotatable bonds is 6. The van der Waals surface area contributed by atoms with E-state index in [1.54, 1.807) is 53.4 Å². The van der Waals surface area contributed by atoms with Gasteiger partial charge < -0.3 is 26.3 Å². The molecule has 2 spiro atoms. The number of carbonyl (C=O) groups is 5. The highest BCUT2D eigenvalue weighted by molar-refractivity contribution is 6.35. The Morgan fingerprint density at radius 1 is 0.562 bits per heavy atom. The van der Waals surface area contributed by atoms with Gasteiger partial charge in [-0.2, -0.15) is 5.10 Å². The molecule has 376 valence electrons. The van der Waals surface area contributed by atoms with Crippen LogP contribution in [0.5, 0.6) is 0 Å². The standard InChI is InChI=1S/C28H26ClFN4O2.C28H24ClFN2O3.H4N2/c29-23-12-9-20(30)16-22(23)26(35)32-21-10-7-18(8-11-21)27(36)34-15-14-28(13-3-6-25(28)33-31)17-19-4-1-2-5-24(19)34;29-23-12-9-20(30)16-22(23)26(34)31-21-10-7-18(8-11-21)27(35)32-15-14-28(13-3-6-25(28)33)17-19-4-1-2-5-24(19)32;1-2/h1-2,4-5,7-12,16H,3,6,13-15,17,31H2,(H,32,35);1-2,4-5,7-12,16H,3,6,13-15,17H2,(H,31,34);1-2H2/b33-25+;;. The molecule has 0 saturated heterocycles. The van der Waals surface area contributed by atoms with Crippen LogP contribution in [0.2, 0.25) is 10.0 Å². The summed E-state index contributed by atoms with van der Waals surface area (Å²) in [4.78, 5) is 68.6. The maximum atomic E-state index is 13.6. The van der Waals surface area contributed by atoms with Crippen LogP contribution in [0.15, 0.2) is 139 Å². The smallest absolute Gasteiger partial charge is 0.258 e. The van der Waals surface area contributed by atoms with Crippen LogP contribution in [0, 0.1) is 22.5 Å². The zero-order chi connectivity index (χ0) is 51.9. The number of fused-ring (bicyclic) bond motifs is 2. The van der Waals surface area contributed by atoms with E-state index >= 15 is 0 Å². The fourth-order valence-electron chi connectivity index (χ4n) is 10.6. The summed E-state index contributed by atoms with van der Waals surface area (Å²) in [6.45, 7) is 1.03. The fraction of sp³-hybridized carbons (Fsp3) is 0.250. The second-order valence-electron chi connectivity index (χ2n) is 18.6. The van der Waals surface area contributed by atoms with Crippen molar-refractivity contribution in [3.8, 4) is 0 Å². The fourth-order valence-corrected chi connectivity index (χ4v) is 11.0. The molecule has 17 heteroatoms. The number of ketones is 1. The highest BCUT2D eigenvalue weighted by atomic mass is 35.5. The van der Waals surface area contributed by atoms with Crippen molar-refractivity contribution in [3.05, 3.63) is 189 Å². The van der Waals surface area contributed by atoms with E-state index in [4.69, 9.17) is 29.0 Å². The van der Waals surface area contributed by atoms with Gasteiger partial charge in [0.05, 0.1) is 21.2 Å². The summed E-state index contributed by atoms with van der Waals surface area (Å²) in [6, 6.07) is 36.2. The number of amides is 4. The van der Waals surface area contributed by atoms with E-state index in [2.05, 4.69) is 33.5 Å². The van der Waals surface area contributed by atoms with Gasteiger partial charge in [0, 0.05) is 69.9 Å². The van der Waals surface area contributed by atoms with Crippen LogP contribution in [0.25, 0.3) is 0 Å². The van der Waals surface area contributed by atoms with Gasteiger partial charge in [-0.25, -0.2) is 8.78 Å². The van der Waals surface area contributed by atoms with Crippen molar-refractivity contribution in [1.82, 2.24) is 0 Å². The summed E-state index contributed by atoms with van der Waals surface area (Å²) in [5.74, 6) is 11.6. The number of carbonyl (C=O) groups excluding carboxylic acids is 5. The number of hydrogen-bond donors (Lipinski definition) is 5. The first-order valence-corrected chi connectivity index (χ1v) is 24.7. The first-order chi connectivity index (χ1) is 35.3. The van der Waals surface area contributed by atoms with Crippen molar-refractivity contribution < 1.29 is 32.8 Å². The lowest BCUT2D eigenvalue weighted by atomic mass is 9.76. The molecular formula is C56H54Cl2F2N8O5. The Kier molecular flexibility index (Phi) is 16.1. The zero-order valence-electron chi connectivity index (χ0n) is 39.8. The Morgan fingerprint density at radius 2 is 0.986 bits per heavy atom. The van der Waals surface area contributed by atoms with Crippen LogP contribution in [-0.4, -0.2) is 48.2 Å². The van der Waals surface area contributed by atoms with Gasteiger partial charge in [-0.3, -0.25) is 35.7 Å². The Hall–Kier alpha value is -7.30. The predicted molar refractivity (Wildman–Crippen MR) is 282 cm³/mol. The molecule has 73 heavy (non-hydrogen) atoms. The molecule has 2 heterocycles. The summed E-state index contributed by atoms with van der Waals surface area (Å²) >= 11 is 12.1. The molecule has 6 aromatic rings. The van der Waals surface area contributed by atoms with Crippen LogP contribution in [0.1, 0.15) is 104 Å². The maximum absolute atomic E-state index is 13.6. The summed E-state index contributed by atoms with van der Waals surface area (Å²) in [5.41, 5.74) is 6.41. The molecule has 6 aromatic carbocycles. The monoisotopic (exact) mass is 1030 g/mol. The number of nitrogens with two attached hydrogens (primary N) is 3. The van der Waals surface area contributed by atoms with Crippen molar-refractivity contribution >= 4 is 81.1 Å². The number of halogens is 4. The maximum Gasteiger partial charge on any atom is 0.258 e. The number of Topliss-reactive ketones (excluding diaryl/α,β-unsaturated/α-hetero) is 1. The molecule has 2 saturated carbocycles. The van der Waals surface area contributed by atoms with Crippen LogP contribution < -0.4 is 38.0 Å². The number of nitrogens with zero attached hydrogens (tertiary/aromatic N) is 3. The number of benzene rings is 6. The molecule has 8 N–H and O–H groups in total. The van der Waals surface area contributed by atoms with E-state index in [-0.39, 0.29) is 43.8 Å². The number of hydrazone groups is 1. The molecule has 4 amide bonds. The second-order valence-corrected chi connectivity index (χ2v) is 19.4. The highest BCUT2D eigenvalue weighted by Gasteiger charge is 2.45. The first-order valence-electron chi connectivity index (χ1n) is 23.9. The zero-order valence-corrected chi connectivity index (χ0v) is 41.3. The average molecular weight is 1030 g/mol. The Labute approximate surface area is 431 Å². The van der Waals surface area contributed by atoms with E-state index < -0.39 is 23.4 Å². The molecule has 13 nitrogen and oxygen atoms in total. The SMILES string of the molecule is N/N=C1\CCCC12CCN(C(=O)c1ccc(NC(=O)c3cc(F)ccc3Cl)cc1)c1ccccc1C2.NN.O=C(Nc1ccc(C(=O)N2CCC3(CCCC3=O)Cc3ccccc32)cc1)c1cc(F)ccc1Cl. The van der Waals surface area contributed by atoms with E-state index in [0.29, 0.717) is 60.6 Å². The van der Waals surface area contributed by atoms with Gasteiger partial charge in [-0.15, -0.1) is 0 Å². The lowest BCUT2D eigenvalue weighted by Crippen LogP contribution is -2.35. The van der Waals surface area contributed by atoms with Crippen LogP contribution in [0.3, 0.4) is 0 Å². The van der Waals surface area contributed by atoms with E-state index in [1.807, 2.05) is 47.4 Å². The molecule has 0 aromatic heterocycles. The minimum atomic E-state index is -0.556. The van der Waals surface area contributed by atoms with Gasteiger partial charge in [0.25, 0.3) is 23.6 Å². The molecule has 2 fully saturated rings. The third kappa shape index (κ3) is 11.2. The molecule has 2 aliphatic heterocycles. The minimum Gasteiger partial charge on any atom is -0.323 e. The largest absolute Gasteiger partial charge is 0.323 e. The third-order valence-electron chi connectivity index (χ3n) is 14.4. The molecule has 2 unspecified atom stereocenters. The van der Waals surface area contributed by atoms with Gasteiger partial charge >= 0.3 is 0 Å².